The third-order valence-electron chi connectivity index (χ3n) is 3.46. The van der Waals surface area contributed by atoms with Gasteiger partial charge in [-0.2, -0.15) is 4.68 Å². The van der Waals surface area contributed by atoms with E-state index in [9.17, 15) is 0 Å². The molecule has 0 saturated carbocycles. The molecule has 5 nitrogen and oxygen atoms in total. The summed E-state index contributed by atoms with van der Waals surface area (Å²) in [6, 6.07) is 8.09. The smallest absolute Gasteiger partial charge is 0.143 e. The van der Waals surface area contributed by atoms with Gasteiger partial charge in [-0.1, -0.05) is 24.3 Å². The van der Waals surface area contributed by atoms with Gasteiger partial charge in [0.25, 0.3) is 0 Å². The van der Waals surface area contributed by atoms with E-state index in [-0.39, 0.29) is 0 Å². The lowest BCUT2D eigenvalue weighted by atomic mass is 9.94. The maximum Gasteiger partial charge on any atom is 0.143 e. The predicted octanol–water partition coefficient (Wildman–Crippen LogP) is 2.43. The molecule has 2 aromatic rings. The summed E-state index contributed by atoms with van der Waals surface area (Å²) < 4.78 is 1.68. The molecule has 1 aromatic heterocycles. The highest BCUT2D eigenvalue weighted by atomic mass is 15.5. The Kier molecular flexibility index (Phi) is 3.54. The number of anilines is 1. The molecule has 5 heteroatoms. The molecule has 0 bridgehead atoms. The summed E-state index contributed by atoms with van der Waals surface area (Å²) in [7, 11) is 0. The molecule has 1 aromatic carbocycles. The van der Waals surface area contributed by atoms with Gasteiger partial charge in [0.1, 0.15) is 6.33 Å². The van der Waals surface area contributed by atoms with E-state index in [0.29, 0.717) is 5.92 Å². The summed E-state index contributed by atoms with van der Waals surface area (Å²) in [6.45, 7) is 0.990. The minimum atomic E-state index is 0.715. The number of hydrogen-bond acceptors (Lipinski definition) is 4. The topological polar surface area (TPSA) is 55.6 Å². The molecule has 1 heterocycles. The Balaban J connectivity index is 1.72. The molecule has 1 N–H and O–H groups in total. The van der Waals surface area contributed by atoms with Gasteiger partial charge in [0.15, 0.2) is 0 Å². The van der Waals surface area contributed by atoms with Crippen molar-refractivity contribution in [1.29, 1.82) is 0 Å². The van der Waals surface area contributed by atoms with Crippen molar-refractivity contribution >= 4 is 5.69 Å². The van der Waals surface area contributed by atoms with Crippen LogP contribution >= 0.6 is 0 Å². The maximum atomic E-state index is 3.95. The lowest BCUT2D eigenvalue weighted by molar-refractivity contribution is 0.504. The van der Waals surface area contributed by atoms with E-state index in [1.807, 2.05) is 18.2 Å². The molecule has 98 valence electrons. The molecule has 0 aliphatic heterocycles. The van der Waals surface area contributed by atoms with Crippen LogP contribution in [0, 0.1) is 5.92 Å². The zero-order valence-corrected chi connectivity index (χ0v) is 10.7. The van der Waals surface area contributed by atoms with Gasteiger partial charge < -0.3 is 5.32 Å². The number of hydrogen-bond donors (Lipinski definition) is 1. The minimum absolute atomic E-state index is 0.715. The lowest BCUT2D eigenvalue weighted by Crippen LogP contribution is -2.16. The van der Waals surface area contributed by atoms with Gasteiger partial charge in [-0.3, -0.25) is 0 Å². The quantitative estimate of drug-likeness (QED) is 0.852. The molecular formula is C14H17N5. The zero-order valence-electron chi connectivity index (χ0n) is 10.7. The Hall–Kier alpha value is -2.17. The second kappa shape index (κ2) is 5.65. The van der Waals surface area contributed by atoms with E-state index in [0.717, 1.165) is 17.9 Å². The Morgan fingerprint density at radius 2 is 2.21 bits per heavy atom. The highest BCUT2D eigenvalue weighted by Crippen LogP contribution is 2.22. The fourth-order valence-electron chi connectivity index (χ4n) is 2.39. The first-order valence-corrected chi connectivity index (χ1v) is 6.65. The molecular weight excluding hydrogens is 238 g/mol. The van der Waals surface area contributed by atoms with E-state index in [1.54, 1.807) is 11.0 Å². The summed E-state index contributed by atoms with van der Waals surface area (Å²) in [6.07, 6.45) is 9.79. The Morgan fingerprint density at radius 3 is 3.00 bits per heavy atom. The SMILES string of the molecule is C1=CCC(CNc2ccccc2-n2cnnn2)CC1. The molecule has 1 aliphatic carbocycles. The summed E-state index contributed by atoms with van der Waals surface area (Å²) in [5, 5.41) is 14.8. The van der Waals surface area contributed by atoms with Gasteiger partial charge >= 0.3 is 0 Å². The van der Waals surface area contributed by atoms with Crippen molar-refractivity contribution in [3.63, 3.8) is 0 Å². The highest BCUT2D eigenvalue weighted by molar-refractivity contribution is 5.60. The Morgan fingerprint density at radius 1 is 1.26 bits per heavy atom. The average molecular weight is 255 g/mol. The molecule has 19 heavy (non-hydrogen) atoms. The van der Waals surface area contributed by atoms with Crippen LogP contribution in [0.15, 0.2) is 42.7 Å². The number of benzene rings is 1. The number of allylic oxidation sites excluding steroid dienone is 2. The van der Waals surface area contributed by atoms with E-state index < -0.39 is 0 Å². The first kappa shape index (κ1) is 11.9. The maximum absolute atomic E-state index is 3.95. The fraction of sp³-hybridized carbons (Fsp3) is 0.357. The van der Waals surface area contributed by atoms with Crippen LogP contribution in [0.2, 0.25) is 0 Å². The molecule has 1 atom stereocenters. The third-order valence-corrected chi connectivity index (χ3v) is 3.46. The number of nitrogens with one attached hydrogen (secondary N) is 1. The van der Waals surface area contributed by atoms with Crippen LogP contribution < -0.4 is 5.32 Å². The predicted molar refractivity (Wildman–Crippen MR) is 74.1 cm³/mol. The summed E-state index contributed by atoms with van der Waals surface area (Å²) in [5.74, 6) is 0.715. The minimum Gasteiger partial charge on any atom is -0.383 e. The van der Waals surface area contributed by atoms with Crippen LogP contribution in [-0.2, 0) is 0 Å². The van der Waals surface area contributed by atoms with Crippen molar-refractivity contribution in [2.45, 2.75) is 19.3 Å². The van der Waals surface area contributed by atoms with Crippen LogP contribution in [0.3, 0.4) is 0 Å². The molecule has 3 rings (SSSR count). The second-order valence-corrected chi connectivity index (χ2v) is 4.80. The first-order chi connectivity index (χ1) is 9.43. The second-order valence-electron chi connectivity index (χ2n) is 4.80. The normalized spacial score (nSPS) is 18.4. The number of rotatable bonds is 4. The summed E-state index contributed by atoms with van der Waals surface area (Å²) in [5.41, 5.74) is 2.06. The van der Waals surface area contributed by atoms with Crippen molar-refractivity contribution in [2.75, 3.05) is 11.9 Å². The molecule has 0 saturated heterocycles. The molecule has 0 radical (unpaired) electrons. The van der Waals surface area contributed by atoms with Gasteiger partial charge in [-0.15, -0.1) is 5.10 Å². The van der Waals surface area contributed by atoms with Crippen LogP contribution in [0.1, 0.15) is 19.3 Å². The molecule has 1 unspecified atom stereocenters. The number of nitrogens with zero attached hydrogens (tertiary/aromatic N) is 4. The van der Waals surface area contributed by atoms with Gasteiger partial charge in [0.05, 0.1) is 11.4 Å². The van der Waals surface area contributed by atoms with E-state index >= 15 is 0 Å². The van der Waals surface area contributed by atoms with Gasteiger partial charge in [-0.05, 0) is 47.7 Å². The van der Waals surface area contributed by atoms with Gasteiger partial charge in [0, 0.05) is 6.54 Å². The number of aromatic nitrogens is 4. The average Bonchev–Trinajstić information content (AvgIpc) is 3.01. The Bertz CT molecular complexity index is 547. The highest BCUT2D eigenvalue weighted by Gasteiger charge is 2.11. The van der Waals surface area contributed by atoms with Crippen LogP contribution in [-0.4, -0.2) is 26.8 Å². The zero-order chi connectivity index (χ0) is 12.9. The molecule has 0 spiro atoms. The van der Waals surface area contributed by atoms with E-state index in [4.69, 9.17) is 0 Å². The number of para-hydroxylation sites is 2. The standard InChI is InChI=1S/C14H17N5/c1-2-6-12(7-3-1)10-15-13-8-4-5-9-14(13)19-11-16-17-18-19/h1-2,4-5,8-9,11-12,15H,3,6-7,10H2. The van der Waals surface area contributed by atoms with Crippen molar-refractivity contribution in [2.24, 2.45) is 5.92 Å². The molecule has 0 fully saturated rings. The number of tetrazole rings is 1. The Labute approximate surface area is 112 Å². The third kappa shape index (κ3) is 2.81. The summed E-state index contributed by atoms with van der Waals surface area (Å²) in [4.78, 5) is 0. The van der Waals surface area contributed by atoms with Gasteiger partial charge in [-0.25, -0.2) is 0 Å². The first-order valence-electron chi connectivity index (χ1n) is 6.65. The van der Waals surface area contributed by atoms with Crippen molar-refractivity contribution < 1.29 is 0 Å². The van der Waals surface area contributed by atoms with E-state index in [1.165, 1.54) is 19.3 Å². The largest absolute Gasteiger partial charge is 0.383 e. The van der Waals surface area contributed by atoms with E-state index in [2.05, 4.69) is 39.1 Å². The lowest BCUT2D eigenvalue weighted by Gasteiger charge is -2.19. The summed E-state index contributed by atoms with van der Waals surface area (Å²) >= 11 is 0. The van der Waals surface area contributed by atoms with Crippen molar-refractivity contribution in [3.8, 4) is 5.69 Å². The van der Waals surface area contributed by atoms with Crippen LogP contribution in [0.4, 0.5) is 5.69 Å². The molecule has 1 aliphatic rings. The van der Waals surface area contributed by atoms with Crippen molar-refractivity contribution in [1.82, 2.24) is 20.2 Å². The van der Waals surface area contributed by atoms with Crippen LogP contribution in [0.25, 0.3) is 5.69 Å². The van der Waals surface area contributed by atoms with Crippen LogP contribution in [0.5, 0.6) is 0 Å². The molecule has 0 amide bonds. The fourth-order valence-corrected chi connectivity index (χ4v) is 2.39. The monoisotopic (exact) mass is 255 g/mol. The van der Waals surface area contributed by atoms with Gasteiger partial charge in [0.2, 0.25) is 0 Å². The van der Waals surface area contributed by atoms with Crippen molar-refractivity contribution in [3.05, 3.63) is 42.7 Å².